The Balaban J connectivity index is 2.22. The summed E-state index contributed by atoms with van der Waals surface area (Å²) in [5, 5.41) is 2.98. The molecule has 0 spiro atoms. The van der Waals surface area contributed by atoms with Crippen LogP contribution in [-0.4, -0.2) is 20.0 Å². The highest BCUT2D eigenvalue weighted by Crippen LogP contribution is 2.28. The Morgan fingerprint density at radius 3 is 2.62 bits per heavy atom. The topological polar surface area (TPSA) is 58.4 Å². The second-order valence-corrected chi connectivity index (χ2v) is 6.75. The zero-order chi connectivity index (χ0) is 15.6. The molecule has 0 radical (unpaired) electrons. The number of nitrogen functional groups attached to an aromatic ring is 1. The molecule has 0 bridgehead atoms. The van der Waals surface area contributed by atoms with E-state index in [1.165, 1.54) is 11.3 Å². The predicted molar refractivity (Wildman–Crippen MR) is 90.4 cm³/mol. The summed E-state index contributed by atoms with van der Waals surface area (Å²) in [6.45, 7) is 1.93. The second kappa shape index (κ2) is 6.37. The number of nitrogens with one attached hydrogen (secondary N) is 1. The van der Waals surface area contributed by atoms with Gasteiger partial charge in [0.2, 0.25) is 0 Å². The van der Waals surface area contributed by atoms with E-state index in [1.807, 2.05) is 44.1 Å². The summed E-state index contributed by atoms with van der Waals surface area (Å²) in [5.74, 6) is -0.150. The van der Waals surface area contributed by atoms with E-state index < -0.39 is 0 Å². The maximum atomic E-state index is 12.5. The maximum Gasteiger partial charge on any atom is 0.253 e. The van der Waals surface area contributed by atoms with Crippen LogP contribution in [0.25, 0.3) is 0 Å². The van der Waals surface area contributed by atoms with Crippen molar-refractivity contribution < 1.29 is 4.79 Å². The van der Waals surface area contributed by atoms with Gasteiger partial charge in [0, 0.05) is 30.3 Å². The summed E-state index contributed by atoms with van der Waals surface area (Å²) >= 11 is 7.39. The van der Waals surface area contributed by atoms with Gasteiger partial charge in [-0.25, -0.2) is 0 Å². The summed E-state index contributed by atoms with van der Waals surface area (Å²) in [5.41, 5.74) is 7.76. The van der Waals surface area contributed by atoms with Crippen LogP contribution in [0.3, 0.4) is 0 Å². The molecule has 112 valence electrons. The fraction of sp³-hybridized carbons (Fsp3) is 0.267. The molecule has 2 aromatic rings. The average Bonchev–Trinajstić information content (AvgIpc) is 2.85. The Labute approximate surface area is 133 Å². The molecule has 1 aromatic heterocycles. The van der Waals surface area contributed by atoms with Crippen molar-refractivity contribution in [2.45, 2.75) is 13.0 Å². The molecule has 21 heavy (non-hydrogen) atoms. The lowest BCUT2D eigenvalue weighted by Gasteiger charge is -2.19. The van der Waals surface area contributed by atoms with E-state index in [1.54, 1.807) is 12.1 Å². The van der Waals surface area contributed by atoms with E-state index in [0.717, 1.165) is 10.6 Å². The highest BCUT2D eigenvalue weighted by molar-refractivity contribution is 7.16. The number of benzene rings is 1. The molecule has 0 aliphatic rings. The maximum absolute atomic E-state index is 12.5. The molecule has 4 nitrogen and oxygen atoms in total. The predicted octanol–water partition coefficient (Wildman–Crippen LogP) is 3.54. The normalized spacial score (nSPS) is 12.0. The highest BCUT2D eigenvalue weighted by atomic mass is 35.5. The molecule has 3 N–H and O–H groups in total. The number of nitrogens with two attached hydrogens (primary N) is 1. The minimum Gasteiger partial charge on any atom is -0.399 e. The summed E-state index contributed by atoms with van der Waals surface area (Å²) in [6, 6.07) is 8.97. The number of anilines is 2. The summed E-state index contributed by atoms with van der Waals surface area (Å²) in [6.07, 6.45) is 0. The quantitative estimate of drug-likeness (QED) is 0.846. The fourth-order valence-electron chi connectivity index (χ4n) is 2.03. The van der Waals surface area contributed by atoms with Crippen molar-refractivity contribution in [2.24, 2.45) is 0 Å². The molecule has 1 aromatic carbocycles. The van der Waals surface area contributed by atoms with Crippen LogP contribution < -0.4 is 16.0 Å². The van der Waals surface area contributed by atoms with Crippen LogP contribution in [0.5, 0.6) is 0 Å². The van der Waals surface area contributed by atoms with Crippen LogP contribution in [0, 0.1) is 0 Å². The lowest BCUT2D eigenvalue weighted by molar-refractivity contribution is 0.0941. The van der Waals surface area contributed by atoms with Gasteiger partial charge in [-0.1, -0.05) is 11.6 Å². The molecule has 0 saturated heterocycles. The monoisotopic (exact) mass is 323 g/mol. The number of carbonyl (C=O) groups excluding carboxylic acids is 1. The van der Waals surface area contributed by atoms with Gasteiger partial charge in [0.25, 0.3) is 5.91 Å². The zero-order valence-electron chi connectivity index (χ0n) is 12.2. The Bertz CT molecular complexity index is 654. The fourth-order valence-corrected chi connectivity index (χ4v) is 3.10. The molecule has 1 amide bonds. The van der Waals surface area contributed by atoms with Gasteiger partial charge in [0.05, 0.1) is 15.9 Å². The third-order valence-electron chi connectivity index (χ3n) is 3.12. The van der Waals surface area contributed by atoms with E-state index in [0.29, 0.717) is 15.6 Å². The Morgan fingerprint density at radius 2 is 2.05 bits per heavy atom. The molecule has 0 aliphatic carbocycles. The van der Waals surface area contributed by atoms with E-state index in [-0.39, 0.29) is 11.9 Å². The van der Waals surface area contributed by atoms with Crippen molar-refractivity contribution >= 4 is 40.2 Å². The molecular weight excluding hydrogens is 306 g/mol. The first-order valence-corrected chi connectivity index (χ1v) is 7.71. The second-order valence-electron chi connectivity index (χ2n) is 5.01. The van der Waals surface area contributed by atoms with Gasteiger partial charge in [-0.3, -0.25) is 4.79 Å². The van der Waals surface area contributed by atoms with Crippen molar-refractivity contribution in [3.63, 3.8) is 0 Å². The van der Waals surface area contributed by atoms with Crippen molar-refractivity contribution in [3.05, 3.63) is 45.1 Å². The number of carbonyl (C=O) groups is 1. The summed E-state index contributed by atoms with van der Waals surface area (Å²) in [4.78, 5) is 15.4. The van der Waals surface area contributed by atoms with Gasteiger partial charge >= 0.3 is 0 Å². The third kappa shape index (κ3) is 3.68. The van der Waals surface area contributed by atoms with Crippen LogP contribution in [0.15, 0.2) is 30.3 Å². The van der Waals surface area contributed by atoms with E-state index >= 15 is 0 Å². The van der Waals surface area contributed by atoms with Crippen molar-refractivity contribution in [2.75, 3.05) is 24.7 Å². The van der Waals surface area contributed by atoms with Gasteiger partial charge in [-0.15, -0.1) is 11.3 Å². The smallest absolute Gasteiger partial charge is 0.253 e. The van der Waals surface area contributed by atoms with Gasteiger partial charge in [0.1, 0.15) is 0 Å². The molecule has 2 rings (SSSR count). The average molecular weight is 324 g/mol. The number of nitrogens with zero attached hydrogens (tertiary/aromatic N) is 1. The van der Waals surface area contributed by atoms with Gasteiger partial charge in [-0.2, -0.15) is 0 Å². The molecule has 0 aliphatic heterocycles. The zero-order valence-corrected chi connectivity index (χ0v) is 13.8. The number of hydrogen-bond donors (Lipinski definition) is 2. The Hall–Kier alpha value is -1.72. The van der Waals surface area contributed by atoms with E-state index in [9.17, 15) is 4.79 Å². The third-order valence-corrected chi connectivity index (χ3v) is 4.53. The van der Waals surface area contributed by atoms with Crippen LogP contribution in [0.2, 0.25) is 4.34 Å². The SMILES string of the molecule is CC(NC(=O)c1cc(N)ccc1N(C)C)c1ccc(Cl)s1. The highest BCUT2D eigenvalue weighted by Gasteiger charge is 2.17. The summed E-state index contributed by atoms with van der Waals surface area (Å²) < 4.78 is 0.712. The van der Waals surface area contributed by atoms with Crippen molar-refractivity contribution in [1.29, 1.82) is 0 Å². The first kappa shape index (κ1) is 15.7. The lowest BCUT2D eigenvalue weighted by atomic mass is 10.1. The minimum atomic E-state index is -0.150. The molecule has 1 unspecified atom stereocenters. The standard InChI is InChI=1S/C15H18ClN3OS/c1-9(13-6-7-14(16)21-13)18-15(20)11-8-10(17)4-5-12(11)19(2)3/h4-9H,17H2,1-3H3,(H,18,20). The molecular formula is C15H18ClN3OS. The molecule has 0 saturated carbocycles. The van der Waals surface area contributed by atoms with Gasteiger partial charge in [0.15, 0.2) is 0 Å². The number of rotatable bonds is 4. The summed E-state index contributed by atoms with van der Waals surface area (Å²) in [7, 11) is 3.79. The van der Waals surface area contributed by atoms with Crippen LogP contribution in [0.1, 0.15) is 28.2 Å². The molecule has 1 atom stereocenters. The minimum absolute atomic E-state index is 0.105. The number of halogens is 1. The van der Waals surface area contributed by atoms with Gasteiger partial charge in [-0.05, 0) is 37.3 Å². The number of hydrogen-bond acceptors (Lipinski definition) is 4. The van der Waals surface area contributed by atoms with E-state index in [4.69, 9.17) is 17.3 Å². The van der Waals surface area contributed by atoms with E-state index in [2.05, 4.69) is 5.32 Å². The Morgan fingerprint density at radius 1 is 1.33 bits per heavy atom. The van der Waals surface area contributed by atoms with Gasteiger partial charge < -0.3 is 16.0 Å². The first-order valence-electron chi connectivity index (χ1n) is 6.51. The van der Waals surface area contributed by atoms with Crippen molar-refractivity contribution in [3.8, 4) is 0 Å². The first-order chi connectivity index (χ1) is 9.88. The van der Waals surface area contributed by atoms with Crippen molar-refractivity contribution in [1.82, 2.24) is 5.32 Å². The largest absolute Gasteiger partial charge is 0.399 e. The lowest BCUT2D eigenvalue weighted by Crippen LogP contribution is -2.28. The number of thiophene rings is 1. The van der Waals surface area contributed by atoms with Crippen LogP contribution in [-0.2, 0) is 0 Å². The number of amides is 1. The Kier molecular flexibility index (Phi) is 4.75. The molecule has 0 fully saturated rings. The molecule has 6 heteroatoms. The van der Waals surface area contributed by atoms with Crippen LogP contribution >= 0.6 is 22.9 Å². The van der Waals surface area contributed by atoms with Crippen LogP contribution in [0.4, 0.5) is 11.4 Å². The molecule has 1 heterocycles.